The number of hydrogen-bond acceptors (Lipinski definition) is 5. The monoisotopic (exact) mass is 484 g/mol. The van der Waals surface area contributed by atoms with Crippen LogP contribution in [0, 0.1) is 0 Å². The Morgan fingerprint density at radius 3 is 2.25 bits per heavy atom. The molecule has 1 fully saturated rings. The molecule has 36 heavy (non-hydrogen) atoms. The molecule has 1 saturated heterocycles. The number of anilines is 2. The fourth-order valence-electron chi connectivity index (χ4n) is 4.41. The van der Waals surface area contributed by atoms with E-state index in [4.69, 9.17) is 4.74 Å². The van der Waals surface area contributed by atoms with E-state index in [0.29, 0.717) is 22.6 Å². The van der Waals surface area contributed by atoms with Crippen LogP contribution >= 0.6 is 0 Å². The highest BCUT2D eigenvalue weighted by Crippen LogP contribution is 2.43. The van der Waals surface area contributed by atoms with E-state index in [1.807, 2.05) is 100 Å². The van der Waals surface area contributed by atoms with Gasteiger partial charge >= 0.3 is 0 Å². The molecule has 0 saturated carbocycles. The predicted molar refractivity (Wildman–Crippen MR) is 144 cm³/mol. The van der Waals surface area contributed by atoms with Gasteiger partial charge in [-0.05, 0) is 67.8 Å². The van der Waals surface area contributed by atoms with Crippen molar-refractivity contribution < 1.29 is 19.4 Å². The van der Waals surface area contributed by atoms with E-state index < -0.39 is 17.7 Å². The lowest BCUT2D eigenvalue weighted by atomic mass is 9.94. The zero-order valence-corrected chi connectivity index (χ0v) is 21.4. The summed E-state index contributed by atoms with van der Waals surface area (Å²) in [6, 6.07) is 21.3. The van der Waals surface area contributed by atoms with E-state index >= 15 is 0 Å². The first-order chi connectivity index (χ1) is 17.2. The highest BCUT2D eigenvalue weighted by molar-refractivity contribution is 6.51. The molecule has 1 heterocycles. The van der Waals surface area contributed by atoms with Crippen LogP contribution in [0.4, 0.5) is 11.4 Å². The summed E-state index contributed by atoms with van der Waals surface area (Å²) in [5, 5.41) is 11.3. The minimum atomic E-state index is -0.809. The van der Waals surface area contributed by atoms with E-state index in [2.05, 4.69) is 0 Å². The Morgan fingerprint density at radius 2 is 1.67 bits per heavy atom. The van der Waals surface area contributed by atoms with Gasteiger partial charge in [0, 0.05) is 31.0 Å². The Balaban J connectivity index is 1.89. The van der Waals surface area contributed by atoms with Gasteiger partial charge in [0.25, 0.3) is 11.7 Å². The van der Waals surface area contributed by atoms with Crippen molar-refractivity contribution in [2.24, 2.45) is 0 Å². The van der Waals surface area contributed by atoms with Gasteiger partial charge in [-0.25, -0.2) is 0 Å². The normalized spacial score (nSPS) is 17.1. The maximum atomic E-state index is 13.4. The lowest BCUT2D eigenvalue weighted by Crippen LogP contribution is -2.29. The smallest absolute Gasteiger partial charge is 0.300 e. The molecule has 4 rings (SSSR count). The van der Waals surface area contributed by atoms with Gasteiger partial charge in [-0.1, -0.05) is 43.3 Å². The third-order valence-corrected chi connectivity index (χ3v) is 6.27. The van der Waals surface area contributed by atoms with E-state index in [1.165, 1.54) is 4.90 Å². The lowest BCUT2D eigenvalue weighted by molar-refractivity contribution is -0.132. The Labute approximate surface area is 212 Å². The van der Waals surface area contributed by atoms with Gasteiger partial charge in [0.1, 0.15) is 11.5 Å². The number of rotatable bonds is 7. The first kappa shape index (κ1) is 25.0. The molecule has 1 aliphatic rings. The molecule has 3 aromatic rings. The Kier molecular flexibility index (Phi) is 7.15. The van der Waals surface area contributed by atoms with Crippen LogP contribution in [0.3, 0.4) is 0 Å². The molecule has 1 aliphatic heterocycles. The number of amides is 1. The quantitative estimate of drug-likeness (QED) is 0.264. The topological polar surface area (TPSA) is 70.1 Å². The molecule has 0 aromatic heterocycles. The number of ether oxygens (including phenoxy) is 1. The predicted octanol–water partition coefficient (Wildman–Crippen LogP) is 5.73. The van der Waals surface area contributed by atoms with Gasteiger partial charge in [-0.2, -0.15) is 0 Å². The van der Waals surface area contributed by atoms with Crippen molar-refractivity contribution in [2.75, 3.05) is 23.9 Å². The van der Waals surface area contributed by atoms with Gasteiger partial charge < -0.3 is 14.7 Å². The molecule has 0 bridgehead atoms. The number of Topliss-reactive ketones (excluding diaryl/α,β-unsaturated/α-hetero) is 1. The number of aryl methyl sites for hydroxylation is 1. The molecule has 6 heteroatoms. The van der Waals surface area contributed by atoms with Crippen LogP contribution in [0.5, 0.6) is 5.75 Å². The number of aliphatic hydroxyl groups is 1. The molecule has 186 valence electrons. The van der Waals surface area contributed by atoms with Gasteiger partial charge in [0.15, 0.2) is 0 Å². The fraction of sp³-hybridized carbons (Fsp3) is 0.267. The summed E-state index contributed by atoms with van der Waals surface area (Å²) in [6.07, 6.45) is 0.819. The highest BCUT2D eigenvalue weighted by atomic mass is 16.5. The van der Waals surface area contributed by atoms with E-state index in [9.17, 15) is 14.7 Å². The van der Waals surface area contributed by atoms with Gasteiger partial charge in [0.2, 0.25) is 0 Å². The second-order valence-electron chi connectivity index (χ2n) is 9.37. The van der Waals surface area contributed by atoms with Crippen LogP contribution in [0.25, 0.3) is 5.76 Å². The number of benzene rings is 3. The molecular weight excluding hydrogens is 452 g/mol. The average Bonchev–Trinajstić information content (AvgIpc) is 3.13. The van der Waals surface area contributed by atoms with Gasteiger partial charge in [-0.15, -0.1) is 0 Å². The third kappa shape index (κ3) is 4.85. The van der Waals surface area contributed by atoms with Crippen molar-refractivity contribution >= 4 is 28.8 Å². The Hall–Kier alpha value is -4.06. The molecular formula is C30H32N2O4. The lowest BCUT2D eigenvalue weighted by Gasteiger charge is -2.26. The van der Waals surface area contributed by atoms with Gasteiger partial charge in [0.05, 0.1) is 17.7 Å². The largest absolute Gasteiger partial charge is 0.507 e. The molecule has 0 radical (unpaired) electrons. The summed E-state index contributed by atoms with van der Waals surface area (Å²) in [6.45, 7) is 5.92. The van der Waals surface area contributed by atoms with E-state index in [-0.39, 0.29) is 17.4 Å². The van der Waals surface area contributed by atoms with Crippen molar-refractivity contribution in [2.45, 2.75) is 39.3 Å². The molecule has 6 nitrogen and oxygen atoms in total. The number of ketones is 1. The second-order valence-corrected chi connectivity index (χ2v) is 9.37. The number of carbonyl (C=O) groups is 2. The maximum absolute atomic E-state index is 13.4. The molecule has 1 atom stereocenters. The first-order valence-electron chi connectivity index (χ1n) is 12.2. The van der Waals surface area contributed by atoms with Crippen LogP contribution in [0.15, 0.2) is 78.4 Å². The van der Waals surface area contributed by atoms with Crippen molar-refractivity contribution in [3.05, 3.63) is 95.1 Å². The summed E-state index contributed by atoms with van der Waals surface area (Å²) in [7, 11) is 3.87. The van der Waals surface area contributed by atoms with Crippen LogP contribution in [0.2, 0.25) is 0 Å². The van der Waals surface area contributed by atoms with Crippen molar-refractivity contribution in [1.29, 1.82) is 0 Å². The summed E-state index contributed by atoms with van der Waals surface area (Å²) >= 11 is 0. The summed E-state index contributed by atoms with van der Waals surface area (Å²) < 4.78 is 5.88. The maximum Gasteiger partial charge on any atom is 0.300 e. The van der Waals surface area contributed by atoms with Crippen LogP contribution < -0.4 is 14.5 Å². The first-order valence-corrected chi connectivity index (χ1v) is 12.2. The molecule has 1 unspecified atom stereocenters. The molecule has 0 aliphatic carbocycles. The summed E-state index contributed by atoms with van der Waals surface area (Å²) in [5.74, 6) is -0.963. The summed E-state index contributed by atoms with van der Waals surface area (Å²) in [5.41, 5.74) is 3.88. The summed E-state index contributed by atoms with van der Waals surface area (Å²) in [4.78, 5) is 30.2. The van der Waals surface area contributed by atoms with Crippen molar-refractivity contribution in [3.63, 3.8) is 0 Å². The SMILES string of the molecule is CCc1ccc(/C(O)=C2/C(=O)C(=O)N(c3ccc(N(C)C)cc3)C2c2cccc(OC(C)C)c2)cc1. The minimum Gasteiger partial charge on any atom is -0.507 e. The molecule has 0 spiro atoms. The minimum absolute atomic E-state index is 0.0396. The standard InChI is InChI=1S/C30H32N2O4/c1-6-20-10-12-21(13-11-20)28(33)26-27(22-8-7-9-25(18-22)36-19(2)3)32(30(35)29(26)34)24-16-14-23(15-17-24)31(4)5/h7-19,27,33H,6H2,1-5H3/b28-26-. The zero-order chi connectivity index (χ0) is 26.0. The highest BCUT2D eigenvalue weighted by Gasteiger charge is 2.47. The average molecular weight is 485 g/mol. The fourth-order valence-corrected chi connectivity index (χ4v) is 4.41. The van der Waals surface area contributed by atoms with Gasteiger partial charge in [-0.3, -0.25) is 14.5 Å². The number of carbonyl (C=O) groups excluding carboxylic acids is 2. The second kappa shape index (κ2) is 10.3. The van der Waals surface area contributed by atoms with Crippen LogP contribution in [-0.4, -0.2) is 37.0 Å². The molecule has 1 amide bonds. The zero-order valence-electron chi connectivity index (χ0n) is 21.4. The third-order valence-electron chi connectivity index (χ3n) is 6.27. The van der Waals surface area contributed by atoms with E-state index in [0.717, 1.165) is 17.7 Å². The molecule has 3 aromatic carbocycles. The molecule has 1 N–H and O–H groups in total. The van der Waals surface area contributed by atoms with E-state index in [1.54, 1.807) is 12.1 Å². The van der Waals surface area contributed by atoms with Crippen molar-refractivity contribution in [3.8, 4) is 5.75 Å². The Morgan fingerprint density at radius 1 is 1.00 bits per heavy atom. The number of aliphatic hydroxyl groups excluding tert-OH is 1. The number of nitrogens with zero attached hydrogens (tertiary/aromatic N) is 2. The van der Waals surface area contributed by atoms with Crippen LogP contribution in [-0.2, 0) is 16.0 Å². The van der Waals surface area contributed by atoms with Crippen molar-refractivity contribution in [1.82, 2.24) is 0 Å². The number of hydrogen-bond donors (Lipinski definition) is 1. The van der Waals surface area contributed by atoms with Crippen LogP contribution in [0.1, 0.15) is 43.5 Å². The Bertz CT molecular complexity index is 1290.